The quantitative estimate of drug-likeness (QED) is 0.836. The molecule has 0 atom stereocenters. The third-order valence-electron chi connectivity index (χ3n) is 2.73. The minimum absolute atomic E-state index is 0.302. The first-order valence-corrected chi connectivity index (χ1v) is 6.21. The Labute approximate surface area is 118 Å². The van der Waals surface area contributed by atoms with Crippen LogP contribution in [0.1, 0.15) is 11.4 Å². The van der Waals surface area contributed by atoms with E-state index in [0.29, 0.717) is 36.4 Å². The van der Waals surface area contributed by atoms with Gasteiger partial charge < -0.3 is 20.5 Å². The summed E-state index contributed by atoms with van der Waals surface area (Å²) in [5.74, 6) is 1.42. The van der Waals surface area contributed by atoms with Crippen LogP contribution in [0.4, 0.5) is 11.5 Å². The highest BCUT2D eigenvalue weighted by Gasteiger charge is 2.12. The third kappa shape index (κ3) is 3.36. The molecule has 0 spiro atoms. The number of hydrogen-bond donors (Lipinski definition) is 2. The molecule has 20 heavy (non-hydrogen) atoms. The molecule has 6 heteroatoms. The molecule has 2 aromatic rings. The Balaban J connectivity index is 2.19. The van der Waals surface area contributed by atoms with Crippen LogP contribution in [-0.4, -0.2) is 24.2 Å². The molecule has 0 fully saturated rings. The van der Waals surface area contributed by atoms with E-state index in [-0.39, 0.29) is 0 Å². The number of methoxy groups -OCH3 is 2. The summed E-state index contributed by atoms with van der Waals surface area (Å²) in [6.07, 6.45) is 0. The standard InChI is InChI=1S/C14H18N4O2/c1-19-9-11-17-13(12(15)14(18-11)20-2)16-8-10-6-4-3-5-7-10/h3-7H,8-9,15H2,1-2H3,(H,16,17,18). The van der Waals surface area contributed by atoms with Crippen LogP contribution < -0.4 is 15.8 Å². The highest BCUT2D eigenvalue weighted by atomic mass is 16.5. The molecule has 0 aliphatic heterocycles. The topological polar surface area (TPSA) is 82.3 Å². The van der Waals surface area contributed by atoms with Crippen LogP contribution in [0.5, 0.6) is 5.88 Å². The number of ether oxygens (including phenoxy) is 2. The minimum Gasteiger partial charge on any atom is -0.479 e. The normalized spacial score (nSPS) is 10.3. The molecule has 0 radical (unpaired) electrons. The molecule has 1 aromatic heterocycles. The summed E-state index contributed by atoms with van der Waals surface area (Å²) in [5, 5.41) is 3.19. The van der Waals surface area contributed by atoms with E-state index in [0.717, 1.165) is 5.56 Å². The summed E-state index contributed by atoms with van der Waals surface area (Å²) in [4.78, 5) is 8.51. The Hall–Kier alpha value is -2.34. The Morgan fingerprint density at radius 3 is 2.55 bits per heavy atom. The van der Waals surface area contributed by atoms with Crippen LogP contribution >= 0.6 is 0 Å². The van der Waals surface area contributed by atoms with Gasteiger partial charge in [0.15, 0.2) is 11.6 Å². The fourth-order valence-corrected chi connectivity index (χ4v) is 1.76. The molecular formula is C14H18N4O2. The number of nitrogens with two attached hydrogens (primary N) is 1. The van der Waals surface area contributed by atoms with Crippen LogP contribution in [0.2, 0.25) is 0 Å². The fraction of sp³-hybridized carbons (Fsp3) is 0.286. The van der Waals surface area contributed by atoms with E-state index < -0.39 is 0 Å². The lowest BCUT2D eigenvalue weighted by Crippen LogP contribution is -2.10. The van der Waals surface area contributed by atoms with Gasteiger partial charge in [0.1, 0.15) is 12.3 Å². The van der Waals surface area contributed by atoms with Crippen molar-refractivity contribution < 1.29 is 9.47 Å². The maximum Gasteiger partial charge on any atom is 0.242 e. The van der Waals surface area contributed by atoms with Crippen molar-refractivity contribution in [3.05, 3.63) is 41.7 Å². The summed E-state index contributed by atoms with van der Waals surface area (Å²) in [6, 6.07) is 9.99. The lowest BCUT2D eigenvalue weighted by Gasteiger charge is -2.12. The second kappa shape index (κ2) is 6.72. The van der Waals surface area contributed by atoms with E-state index in [2.05, 4.69) is 15.3 Å². The zero-order valence-corrected chi connectivity index (χ0v) is 11.6. The van der Waals surface area contributed by atoms with Crippen LogP contribution in [-0.2, 0) is 17.9 Å². The smallest absolute Gasteiger partial charge is 0.242 e. The van der Waals surface area contributed by atoms with E-state index in [1.54, 1.807) is 7.11 Å². The lowest BCUT2D eigenvalue weighted by molar-refractivity contribution is 0.177. The molecule has 106 valence electrons. The average Bonchev–Trinajstić information content (AvgIpc) is 2.48. The number of nitrogen functional groups attached to an aromatic ring is 1. The predicted octanol–water partition coefficient (Wildman–Crippen LogP) is 1.83. The molecule has 0 bridgehead atoms. The Morgan fingerprint density at radius 1 is 1.15 bits per heavy atom. The van der Waals surface area contributed by atoms with E-state index in [4.69, 9.17) is 15.2 Å². The van der Waals surface area contributed by atoms with Gasteiger partial charge in [-0.2, -0.15) is 4.98 Å². The first kappa shape index (κ1) is 14.1. The van der Waals surface area contributed by atoms with Gasteiger partial charge in [-0.15, -0.1) is 0 Å². The Morgan fingerprint density at radius 2 is 1.90 bits per heavy atom. The van der Waals surface area contributed by atoms with Crippen molar-refractivity contribution in [2.45, 2.75) is 13.2 Å². The molecule has 1 aromatic carbocycles. The van der Waals surface area contributed by atoms with Gasteiger partial charge in [-0.05, 0) is 5.56 Å². The van der Waals surface area contributed by atoms with Gasteiger partial charge in [-0.1, -0.05) is 30.3 Å². The number of nitrogens with one attached hydrogen (secondary N) is 1. The molecule has 0 aliphatic carbocycles. The number of anilines is 2. The zero-order valence-electron chi connectivity index (χ0n) is 11.6. The molecule has 3 N–H and O–H groups in total. The van der Waals surface area contributed by atoms with E-state index >= 15 is 0 Å². The second-order valence-corrected chi connectivity index (χ2v) is 4.18. The van der Waals surface area contributed by atoms with E-state index in [1.807, 2.05) is 30.3 Å². The number of nitrogens with zero attached hydrogens (tertiary/aromatic N) is 2. The van der Waals surface area contributed by atoms with Crippen LogP contribution in [0.25, 0.3) is 0 Å². The molecule has 1 heterocycles. The zero-order chi connectivity index (χ0) is 14.4. The molecule has 6 nitrogen and oxygen atoms in total. The van der Waals surface area contributed by atoms with Gasteiger partial charge in [-0.25, -0.2) is 4.98 Å². The van der Waals surface area contributed by atoms with Crippen molar-refractivity contribution in [1.29, 1.82) is 0 Å². The Bertz CT molecular complexity index is 561. The summed E-state index contributed by atoms with van der Waals surface area (Å²) < 4.78 is 10.2. The summed E-state index contributed by atoms with van der Waals surface area (Å²) in [5.41, 5.74) is 7.50. The first-order chi connectivity index (χ1) is 9.74. The molecule has 0 unspecified atom stereocenters. The molecule has 0 saturated carbocycles. The van der Waals surface area contributed by atoms with Gasteiger partial charge in [0.2, 0.25) is 5.88 Å². The van der Waals surface area contributed by atoms with Crippen LogP contribution in [0, 0.1) is 0 Å². The highest BCUT2D eigenvalue weighted by Crippen LogP contribution is 2.26. The average molecular weight is 274 g/mol. The maximum absolute atomic E-state index is 5.97. The van der Waals surface area contributed by atoms with Crippen molar-refractivity contribution in [1.82, 2.24) is 9.97 Å². The highest BCUT2D eigenvalue weighted by molar-refractivity contribution is 5.66. The molecule has 2 rings (SSSR count). The largest absolute Gasteiger partial charge is 0.479 e. The van der Waals surface area contributed by atoms with Gasteiger partial charge >= 0.3 is 0 Å². The first-order valence-electron chi connectivity index (χ1n) is 6.21. The second-order valence-electron chi connectivity index (χ2n) is 4.18. The van der Waals surface area contributed by atoms with Gasteiger partial charge in [0, 0.05) is 13.7 Å². The van der Waals surface area contributed by atoms with Crippen LogP contribution in [0.3, 0.4) is 0 Å². The summed E-state index contributed by atoms with van der Waals surface area (Å²) >= 11 is 0. The predicted molar refractivity (Wildman–Crippen MR) is 77.5 cm³/mol. The third-order valence-corrected chi connectivity index (χ3v) is 2.73. The Kier molecular flexibility index (Phi) is 4.73. The van der Waals surface area contributed by atoms with Crippen molar-refractivity contribution in [2.24, 2.45) is 0 Å². The number of aromatic nitrogens is 2. The van der Waals surface area contributed by atoms with E-state index in [9.17, 15) is 0 Å². The monoisotopic (exact) mass is 274 g/mol. The fourth-order valence-electron chi connectivity index (χ4n) is 1.76. The van der Waals surface area contributed by atoms with E-state index in [1.165, 1.54) is 7.11 Å². The number of hydrogen-bond acceptors (Lipinski definition) is 6. The lowest BCUT2D eigenvalue weighted by atomic mass is 10.2. The van der Waals surface area contributed by atoms with Crippen LogP contribution in [0.15, 0.2) is 30.3 Å². The van der Waals surface area contributed by atoms with Gasteiger partial charge in [0.25, 0.3) is 0 Å². The summed E-state index contributed by atoms with van der Waals surface area (Å²) in [6.45, 7) is 0.925. The molecular weight excluding hydrogens is 256 g/mol. The maximum atomic E-state index is 5.97. The van der Waals surface area contributed by atoms with Crippen molar-refractivity contribution in [3.63, 3.8) is 0 Å². The molecule has 0 aliphatic rings. The minimum atomic E-state index is 0.302. The SMILES string of the molecule is COCc1nc(NCc2ccccc2)c(N)c(OC)n1. The molecule has 0 amide bonds. The van der Waals surface area contributed by atoms with Crippen molar-refractivity contribution in [2.75, 3.05) is 25.3 Å². The molecule has 0 saturated heterocycles. The number of benzene rings is 1. The van der Waals surface area contributed by atoms with Crippen molar-refractivity contribution in [3.8, 4) is 5.88 Å². The number of rotatable bonds is 6. The van der Waals surface area contributed by atoms with Crippen molar-refractivity contribution >= 4 is 11.5 Å². The van der Waals surface area contributed by atoms with Gasteiger partial charge in [-0.3, -0.25) is 0 Å². The summed E-state index contributed by atoms with van der Waals surface area (Å²) in [7, 11) is 3.11. The van der Waals surface area contributed by atoms with Gasteiger partial charge in [0.05, 0.1) is 7.11 Å².